The second kappa shape index (κ2) is 18.8. The van der Waals surface area contributed by atoms with Crippen molar-refractivity contribution in [1.29, 1.82) is 0 Å². The quantitative estimate of drug-likeness (QED) is 0.130. The predicted molar refractivity (Wildman–Crippen MR) is 217 cm³/mol. The minimum Gasteiger partial charge on any atom is -0.489 e. The van der Waals surface area contributed by atoms with Gasteiger partial charge in [0.1, 0.15) is 29.2 Å². The predicted octanol–water partition coefficient (Wildman–Crippen LogP) is 7.78. The van der Waals surface area contributed by atoms with Crippen LogP contribution >= 0.6 is 0 Å². The third-order valence-electron chi connectivity index (χ3n) is 10.1. The molecule has 2 aromatic rings. The molecule has 2 saturated heterocycles. The van der Waals surface area contributed by atoms with Crippen molar-refractivity contribution in [3.05, 3.63) is 65.7 Å². The summed E-state index contributed by atoms with van der Waals surface area (Å²) in [5.41, 5.74) is -3.06. The van der Waals surface area contributed by atoms with Gasteiger partial charge < -0.3 is 34.1 Å². The Kier molecular flexibility index (Phi) is 14.8. The van der Waals surface area contributed by atoms with E-state index < -0.39 is 46.1 Å². The SMILES string of the molecule is CC(C)(C)OC(=O)N1CCC(CCC(=O)N2CCC[C@@H](C(=O)N[C@@H](c3cccc(OCc4ccccc4)c3)C(C)(C(=O)OC(C)(C)C)C(=O)OC(C)(C)C)C2)CC1. The second-order valence-electron chi connectivity index (χ2n) is 18.6. The Labute approximate surface area is 339 Å². The Bertz CT molecular complexity index is 1670. The Morgan fingerprint density at radius 3 is 1.89 bits per heavy atom. The molecule has 0 aromatic heterocycles. The summed E-state index contributed by atoms with van der Waals surface area (Å²) in [6, 6.07) is 15.4. The van der Waals surface area contributed by atoms with Crippen molar-refractivity contribution >= 4 is 29.8 Å². The maximum atomic E-state index is 14.4. The van der Waals surface area contributed by atoms with Gasteiger partial charge in [0, 0.05) is 32.6 Å². The zero-order chi connectivity index (χ0) is 42.2. The number of ether oxygens (including phenoxy) is 4. The van der Waals surface area contributed by atoms with Crippen LogP contribution < -0.4 is 10.1 Å². The topological polar surface area (TPSA) is 141 Å². The van der Waals surface area contributed by atoms with E-state index in [2.05, 4.69) is 5.32 Å². The molecule has 4 rings (SSSR count). The first kappa shape index (κ1) is 45.1. The van der Waals surface area contributed by atoms with E-state index in [0.29, 0.717) is 62.5 Å². The van der Waals surface area contributed by atoms with E-state index in [0.717, 1.165) is 18.4 Å². The van der Waals surface area contributed by atoms with E-state index in [1.54, 1.807) is 75.6 Å². The van der Waals surface area contributed by atoms with Gasteiger partial charge in [0.15, 0.2) is 5.41 Å². The number of nitrogens with zero attached hydrogens (tertiary/aromatic N) is 2. The van der Waals surface area contributed by atoms with Crippen LogP contribution in [0.3, 0.4) is 0 Å². The van der Waals surface area contributed by atoms with Gasteiger partial charge in [-0.1, -0.05) is 42.5 Å². The zero-order valence-electron chi connectivity index (χ0n) is 35.8. The molecule has 2 atom stereocenters. The van der Waals surface area contributed by atoms with Gasteiger partial charge in [-0.15, -0.1) is 0 Å². The van der Waals surface area contributed by atoms with Crippen molar-refractivity contribution in [2.45, 2.75) is 137 Å². The number of carbonyl (C=O) groups is 5. The monoisotopic (exact) mass is 791 g/mol. The smallest absolute Gasteiger partial charge is 0.410 e. The summed E-state index contributed by atoms with van der Waals surface area (Å²) in [7, 11) is 0. The van der Waals surface area contributed by atoms with Gasteiger partial charge >= 0.3 is 18.0 Å². The van der Waals surface area contributed by atoms with Crippen LogP contribution in [-0.4, -0.2) is 82.6 Å². The molecule has 2 aromatic carbocycles. The molecule has 2 heterocycles. The van der Waals surface area contributed by atoms with Gasteiger partial charge in [-0.05, 0) is 131 Å². The van der Waals surface area contributed by atoms with E-state index in [1.165, 1.54) is 6.92 Å². The van der Waals surface area contributed by atoms with Crippen molar-refractivity contribution in [3.8, 4) is 5.75 Å². The summed E-state index contributed by atoms with van der Waals surface area (Å²) < 4.78 is 23.4. The van der Waals surface area contributed by atoms with Crippen LogP contribution in [-0.2, 0) is 40.0 Å². The maximum absolute atomic E-state index is 14.4. The van der Waals surface area contributed by atoms with Crippen LogP contribution in [0.5, 0.6) is 5.75 Å². The summed E-state index contributed by atoms with van der Waals surface area (Å²) in [5.74, 6) is -1.89. The molecule has 12 heteroatoms. The van der Waals surface area contributed by atoms with E-state index in [-0.39, 0.29) is 31.1 Å². The molecule has 2 fully saturated rings. The molecule has 0 bridgehead atoms. The highest BCUT2D eigenvalue weighted by Crippen LogP contribution is 2.40. The highest BCUT2D eigenvalue weighted by atomic mass is 16.6. The third kappa shape index (κ3) is 13.5. The van der Waals surface area contributed by atoms with E-state index in [1.807, 2.05) is 51.1 Å². The van der Waals surface area contributed by atoms with Crippen molar-refractivity contribution in [2.24, 2.45) is 17.3 Å². The van der Waals surface area contributed by atoms with Gasteiger partial charge in [-0.25, -0.2) is 4.79 Å². The number of hydrogen-bond donors (Lipinski definition) is 1. The molecule has 0 aliphatic carbocycles. The fourth-order valence-electron chi connectivity index (χ4n) is 7.07. The minimum atomic E-state index is -2.02. The van der Waals surface area contributed by atoms with Gasteiger partial charge in [-0.3, -0.25) is 19.2 Å². The van der Waals surface area contributed by atoms with Crippen LogP contribution in [0.1, 0.15) is 125 Å². The first-order valence-electron chi connectivity index (χ1n) is 20.3. The summed E-state index contributed by atoms with van der Waals surface area (Å²) in [5, 5.41) is 3.07. The lowest BCUT2D eigenvalue weighted by atomic mass is 9.77. The first-order valence-corrected chi connectivity index (χ1v) is 20.3. The summed E-state index contributed by atoms with van der Waals surface area (Å²) in [4.78, 5) is 72.4. The third-order valence-corrected chi connectivity index (χ3v) is 10.1. The fraction of sp³-hybridized carbons (Fsp3) is 0.622. The molecule has 2 aliphatic heterocycles. The fourth-order valence-corrected chi connectivity index (χ4v) is 7.07. The van der Waals surface area contributed by atoms with E-state index in [4.69, 9.17) is 18.9 Å². The lowest BCUT2D eigenvalue weighted by molar-refractivity contribution is -0.186. The van der Waals surface area contributed by atoms with Crippen LogP contribution in [0, 0.1) is 17.3 Å². The summed E-state index contributed by atoms with van der Waals surface area (Å²) in [6.45, 7) is 19.5. The summed E-state index contributed by atoms with van der Waals surface area (Å²) in [6.07, 6.45) is 3.49. The maximum Gasteiger partial charge on any atom is 0.410 e. The van der Waals surface area contributed by atoms with Crippen molar-refractivity contribution in [2.75, 3.05) is 26.2 Å². The molecular formula is C45H65N3O9. The van der Waals surface area contributed by atoms with Gasteiger partial charge in [-0.2, -0.15) is 0 Å². The highest BCUT2D eigenvalue weighted by Gasteiger charge is 2.54. The molecule has 57 heavy (non-hydrogen) atoms. The minimum absolute atomic E-state index is 0.0192. The number of carbonyl (C=O) groups excluding carboxylic acids is 5. The number of hydrogen-bond acceptors (Lipinski definition) is 9. The molecule has 1 N–H and O–H groups in total. The molecule has 2 aliphatic rings. The number of rotatable bonds is 12. The van der Waals surface area contributed by atoms with E-state index in [9.17, 15) is 24.0 Å². The Hall–Kier alpha value is -4.61. The van der Waals surface area contributed by atoms with Gasteiger partial charge in [0.2, 0.25) is 11.8 Å². The van der Waals surface area contributed by atoms with Crippen LogP contribution in [0.4, 0.5) is 4.79 Å². The average Bonchev–Trinajstić information content (AvgIpc) is 3.13. The molecule has 3 amide bonds. The standard InChI is InChI=1S/C45H65N3O9/c1-42(2,3)55-39(51)45(10,40(52)56-43(4,5)6)37(33-18-14-20-35(28-33)54-30-32-16-12-11-13-17-32)46-38(50)34-19-15-25-48(29-34)36(49)22-21-31-23-26-47(27-24-31)41(53)57-44(7,8)9/h11-14,16-18,20,28,31,34,37H,15,19,21-27,29-30H2,1-10H3,(H,46,50)/t34-,37+/m1/s1. The van der Waals surface area contributed by atoms with Crippen molar-refractivity contribution in [3.63, 3.8) is 0 Å². The Morgan fingerprint density at radius 2 is 1.32 bits per heavy atom. The lowest BCUT2D eigenvalue weighted by Gasteiger charge is -2.39. The lowest BCUT2D eigenvalue weighted by Crippen LogP contribution is -2.55. The molecule has 0 unspecified atom stereocenters. The largest absolute Gasteiger partial charge is 0.489 e. The normalized spacial score (nSPS) is 17.6. The second-order valence-corrected chi connectivity index (χ2v) is 18.6. The molecule has 12 nitrogen and oxygen atoms in total. The summed E-state index contributed by atoms with van der Waals surface area (Å²) >= 11 is 0. The van der Waals surface area contributed by atoms with Crippen molar-refractivity contribution < 1.29 is 42.9 Å². The Morgan fingerprint density at radius 1 is 0.719 bits per heavy atom. The number of benzene rings is 2. The van der Waals surface area contributed by atoms with Crippen molar-refractivity contribution in [1.82, 2.24) is 15.1 Å². The highest BCUT2D eigenvalue weighted by molar-refractivity contribution is 6.01. The number of esters is 2. The number of nitrogens with one attached hydrogen (secondary N) is 1. The molecule has 314 valence electrons. The zero-order valence-corrected chi connectivity index (χ0v) is 35.8. The Balaban J connectivity index is 1.53. The van der Waals surface area contributed by atoms with E-state index >= 15 is 0 Å². The van der Waals surface area contributed by atoms with Gasteiger partial charge in [0.25, 0.3) is 0 Å². The van der Waals surface area contributed by atoms with Crippen LogP contribution in [0.25, 0.3) is 0 Å². The molecule has 0 radical (unpaired) electrons. The molecule has 0 spiro atoms. The molecule has 0 saturated carbocycles. The number of amides is 3. The average molecular weight is 792 g/mol. The van der Waals surface area contributed by atoms with Crippen LogP contribution in [0.2, 0.25) is 0 Å². The van der Waals surface area contributed by atoms with Crippen LogP contribution in [0.15, 0.2) is 54.6 Å². The number of piperidine rings is 2. The van der Waals surface area contributed by atoms with Gasteiger partial charge in [0.05, 0.1) is 12.0 Å². The first-order chi connectivity index (χ1) is 26.5. The number of likely N-dealkylation sites (tertiary alicyclic amines) is 2. The molecular weight excluding hydrogens is 727 g/mol.